The van der Waals surface area contributed by atoms with E-state index in [1.165, 1.54) is 96.3 Å². The van der Waals surface area contributed by atoms with Gasteiger partial charge in [-0.15, -0.1) is 23.5 Å². The topological polar surface area (TPSA) is 182 Å². The van der Waals surface area contributed by atoms with Gasteiger partial charge in [0.1, 0.15) is 23.0 Å². The van der Waals surface area contributed by atoms with Gasteiger partial charge in [0.05, 0.1) is 46.0 Å². The van der Waals surface area contributed by atoms with E-state index in [1.54, 1.807) is 18.2 Å². The molecule has 12 nitrogen and oxygen atoms in total. The summed E-state index contributed by atoms with van der Waals surface area (Å²) < 4.78 is 110. The first-order valence-corrected chi connectivity index (χ1v) is 24.2. The Bertz CT molecular complexity index is 3430. The molecule has 0 atom stereocenters. The molecule has 0 aliphatic heterocycles. The predicted octanol–water partition coefficient (Wildman–Crippen LogP) is 11.5. The molecule has 24 heteroatoms. The molecule has 0 spiro atoms. The zero-order chi connectivity index (χ0) is 53.9. The van der Waals surface area contributed by atoms with Gasteiger partial charge in [-0.1, -0.05) is 70.5 Å². The Balaban J connectivity index is 0.000000203. The molecular formula is C50H34BBrF8N8O4S2. The Labute approximate surface area is 433 Å². The lowest BCUT2D eigenvalue weighted by Gasteiger charge is -2.11. The number of thioether (sulfide) groups is 2. The fraction of sp³-hybridized carbons (Fsp3) is 0.0800. The van der Waals surface area contributed by atoms with E-state index in [0.717, 1.165) is 30.8 Å². The summed E-state index contributed by atoms with van der Waals surface area (Å²) in [7, 11) is -1.36. The molecule has 0 saturated heterocycles. The summed E-state index contributed by atoms with van der Waals surface area (Å²) >= 11 is 6.07. The molecular weight excluding hydrogens is 1080 g/mol. The highest BCUT2D eigenvalue weighted by molar-refractivity contribution is 9.10. The molecule has 2 amide bonds. The zero-order valence-electron chi connectivity index (χ0n) is 38.0. The lowest BCUT2D eigenvalue weighted by Crippen LogP contribution is -2.31. The number of hydrogen-bond acceptors (Lipinski definition) is 10. The first kappa shape index (κ1) is 55.6. The number of rotatable bonds is 10. The van der Waals surface area contributed by atoms with Crippen molar-refractivity contribution < 1.29 is 54.8 Å². The second-order valence-corrected chi connectivity index (χ2v) is 17.6. The van der Waals surface area contributed by atoms with Crippen LogP contribution in [0.5, 0.6) is 0 Å². The highest BCUT2D eigenvalue weighted by atomic mass is 79.9. The number of anilines is 2. The molecule has 74 heavy (non-hydrogen) atoms. The van der Waals surface area contributed by atoms with Gasteiger partial charge in [-0.05, 0) is 108 Å². The van der Waals surface area contributed by atoms with E-state index in [2.05, 4.69) is 36.8 Å². The average molecular weight is 1120 g/mol. The molecule has 8 rings (SSSR count). The highest BCUT2D eigenvalue weighted by Crippen LogP contribution is 2.34. The second-order valence-electron chi connectivity index (χ2n) is 15.0. The molecule has 0 saturated carbocycles. The minimum absolute atomic E-state index is 0.0780. The molecule has 4 N–H and O–H groups in total. The van der Waals surface area contributed by atoms with Crippen molar-refractivity contribution in [3.63, 3.8) is 0 Å². The van der Waals surface area contributed by atoms with Gasteiger partial charge >= 0.3 is 19.5 Å². The minimum Gasteiger partial charge on any atom is -0.423 e. The van der Waals surface area contributed by atoms with Crippen molar-refractivity contribution in [3.05, 3.63) is 196 Å². The van der Waals surface area contributed by atoms with Crippen molar-refractivity contribution in [2.45, 2.75) is 22.1 Å². The van der Waals surface area contributed by atoms with Gasteiger partial charge in [0.15, 0.2) is 11.4 Å². The SMILES string of the molecule is CSc1ccccc1-c1ccc(NC(=O)c2cc(C(F)(F)F)nn2-c2cccc(C#N)c2)c(F)c1.CSc1ccccc1B(O)O.N#Cc1cccc(-n2nc(C(F)(F)F)cc2C(=O)Nc2ccc(Br)cc2F)c1. The minimum atomic E-state index is -4.81. The van der Waals surface area contributed by atoms with E-state index < -0.39 is 65.7 Å². The van der Waals surface area contributed by atoms with Gasteiger partial charge in [-0.2, -0.15) is 47.1 Å². The van der Waals surface area contributed by atoms with Crippen LogP contribution in [0, 0.1) is 34.3 Å². The first-order valence-electron chi connectivity index (χ1n) is 21.0. The van der Waals surface area contributed by atoms with Gasteiger partial charge in [0, 0.05) is 26.4 Å². The quantitative estimate of drug-likeness (QED) is 0.0584. The van der Waals surface area contributed by atoms with Crippen LogP contribution >= 0.6 is 39.5 Å². The smallest absolute Gasteiger partial charge is 0.423 e. The van der Waals surface area contributed by atoms with E-state index in [0.29, 0.717) is 27.6 Å². The number of carbonyl (C=O) groups is 2. The maximum absolute atomic E-state index is 14.9. The van der Waals surface area contributed by atoms with E-state index in [4.69, 9.17) is 20.6 Å². The van der Waals surface area contributed by atoms with Crippen LogP contribution in [-0.2, 0) is 12.4 Å². The lowest BCUT2D eigenvalue weighted by molar-refractivity contribution is -0.142. The summed E-state index contributed by atoms with van der Waals surface area (Å²) in [6.07, 6.45) is -5.81. The van der Waals surface area contributed by atoms with Crippen molar-refractivity contribution in [1.82, 2.24) is 19.6 Å². The van der Waals surface area contributed by atoms with Crippen LogP contribution < -0.4 is 16.1 Å². The van der Waals surface area contributed by atoms with Crippen LogP contribution in [0.4, 0.5) is 46.5 Å². The number of carbonyl (C=O) groups excluding carboxylic acids is 2. The zero-order valence-corrected chi connectivity index (χ0v) is 41.3. The molecule has 0 unspecified atom stereocenters. The molecule has 0 fully saturated rings. The molecule has 0 radical (unpaired) electrons. The van der Waals surface area contributed by atoms with Gasteiger partial charge in [-0.25, -0.2) is 18.1 Å². The van der Waals surface area contributed by atoms with Gasteiger partial charge in [0.25, 0.3) is 11.8 Å². The third kappa shape index (κ3) is 13.9. The summed E-state index contributed by atoms with van der Waals surface area (Å²) in [6.45, 7) is 0. The fourth-order valence-corrected chi connectivity index (χ4v) is 8.26. The number of aromatic nitrogens is 4. The number of nitrogens with zero attached hydrogens (tertiary/aromatic N) is 6. The van der Waals surface area contributed by atoms with Crippen molar-refractivity contribution in [1.29, 1.82) is 10.5 Å². The number of benzene rings is 6. The number of alkyl halides is 6. The van der Waals surface area contributed by atoms with E-state index >= 15 is 0 Å². The largest absolute Gasteiger partial charge is 0.489 e. The summed E-state index contributed by atoms with van der Waals surface area (Å²) in [4.78, 5) is 27.3. The van der Waals surface area contributed by atoms with Crippen molar-refractivity contribution in [3.8, 4) is 34.6 Å². The summed E-state index contributed by atoms with van der Waals surface area (Å²) in [5.41, 5.74) is -1.47. The summed E-state index contributed by atoms with van der Waals surface area (Å²) in [5, 5.41) is 47.4. The van der Waals surface area contributed by atoms with Crippen molar-refractivity contribution in [2.24, 2.45) is 0 Å². The molecule has 8 aromatic rings. The molecule has 6 aromatic carbocycles. The normalized spacial score (nSPS) is 11.0. The maximum Gasteiger partial charge on any atom is 0.489 e. The maximum atomic E-state index is 14.9. The van der Waals surface area contributed by atoms with Crippen LogP contribution in [-0.4, -0.2) is 61.1 Å². The molecule has 0 bridgehead atoms. The Hall–Kier alpha value is -7.74. The predicted molar refractivity (Wildman–Crippen MR) is 268 cm³/mol. The highest BCUT2D eigenvalue weighted by Gasteiger charge is 2.37. The van der Waals surface area contributed by atoms with Crippen LogP contribution in [0.25, 0.3) is 22.5 Å². The number of nitriles is 2. The fourth-order valence-electron chi connectivity index (χ4n) is 6.68. The third-order valence-electron chi connectivity index (χ3n) is 10.1. The Morgan fingerprint density at radius 1 is 0.608 bits per heavy atom. The van der Waals surface area contributed by atoms with Crippen LogP contribution in [0.2, 0.25) is 0 Å². The number of nitrogens with one attached hydrogen (secondary N) is 2. The number of hydrogen-bond donors (Lipinski definition) is 4. The van der Waals surface area contributed by atoms with E-state index in [1.807, 2.05) is 61.0 Å². The van der Waals surface area contributed by atoms with Crippen LogP contribution in [0.15, 0.2) is 160 Å². The molecule has 2 aromatic heterocycles. The van der Waals surface area contributed by atoms with Crippen molar-refractivity contribution >= 4 is 75.2 Å². The number of amides is 2. The van der Waals surface area contributed by atoms with Gasteiger partial charge in [0.2, 0.25) is 0 Å². The second kappa shape index (κ2) is 24.3. The molecule has 2 heterocycles. The van der Waals surface area contributed by atoms with Gasteiger partial charge < -0.3 is 20.7 Å². The van der Waals surface area contributed by atoms with E-state index in [-0.39, 0.29) is 33.9 Å². The molecule has 376 valence electrons. The summed E-state index contributed by atoms with van der Waals surface area (Å²) in [6, 6.07) is 38.8. The Morgan fingerprint density at radius 2 is 1.07 bits per heavy atom. The van der Waals surface area contributed by atoms with Crippen LogP contribution in [0.1, 0.15) is 43.5 Å². The Morgan fingerprint density at radius 3 is 1.50 bits per heavy atom. The molecule has 0 aliphatic carbocycles. The van der Waals surface area contributed by atoms with E-state index in [9.17, 15) is 44.7 Å². The lowest BCUT2D eigenvalue weighted by atomic mass is 9.80. The van der Waals surface area contributed by atoms with Crippen LogP contribution in [0.3, 0.4) is 0 Å². The Kier molecular flexibility index (Phi) is 18.3. The summed E-state index contributed by atoms with van der Waals surface area (Å²) in [5.74, 6) is -3.50. The monoisotopic (exact) mass is 1120 g/mol. The molecule has 0 aliphatic rings. The first-order chi connectivity index (χ1) is 35.1. The standard InChI is InChI=1S/C25H16F4N4OS.C18H9BrF4N4O.C7H9BO2S/c1-35-22-8-3-2-7-18(22)16-9-10-20(19(26)12-16)31-24(34)21-13-23(25(27,28)29)32-33(21)17-6-4-5-15(11-17)14-30;19-11-4-5-14(13(20)7-11)25-17(28)15-8-16(18(21,22)23)26-27(15)12-3-1-2-10(6-12)9-24;1-11-7-5-3-2-4-6(7)8(9)10/h2-13H,1H3,(H,31,34);1-8H,(H,25,28);2-5,9-10H,1H3. The van der Waals surface area contributed by atoms with Crippen molar-refractivity contribution in [2.75, 3.05) is 23.1 Å². The average Bonchev–Trinajstić information content (AvgIpc) is 4.06. The third-order valence-corrected chi connectivity index (χ3v) is 12.2. The van der Waals surface area contributed by atoms with Gasteiger partial charge in [-0.3, -0.25) is 9.59 Å². The number of halogens is 9.